The number of carbonyl (C=O) groups excluding carboxylic acids is 1. The second-order valence-electron chi connectivity index (χ2n) is 4.03. The lowest BCUT2D eigenvalue weighted by Gasteiger charge is -2.03. The molecule has 0 spiro atoms. The maximum Gasteiger partial charge on any atom is 0.271 e. The van der Waals surface area contributed by atoms with E-state index >= 15 is 0 Å². The highest BCUT2D eigenvalue weighted by Crippen LogP contribution is 2.30. The van der Waals surface area contributed by atoms with Crippen LogP contribution in [0.3, 0.4) is 0 Å². The minimum atomic E-state index is -0.327. The molecule has 7 heteroatoms. The number of amides is 1. The number of phenols is 1. The van der Waals surface area contributed by atoms with Gasteiger partial charge in [-0.05, 0) is 52.3 Å². The Hall–Kier alpha value is -1.18. The molecule has 0 bridgehead atoms. The van der Waals surface area contributed by atoms with Crippen molar-refractivity contribution in [1.29, 1.82) is 0 Å². The summed E-state index contributed by atoms with van der Waals surface area (Å²) in [6, 6.07) is 10.3. The number of nitrogens with one attached hydrogen (secondary N) is 1. The van der Waals surface area contributed by atoms with Crippen molar-refractivity contribution in [2.75, 3.05) is 0 Å². The Morgan fingerprint density at radius 1 is 1.10 bits per heavy atom. The zero-order chi connectivity index (χ0) is 15.4. The van der Waals surface area contributed by atoms with Gasteiger partial charge in [0.1, 0.15) is 5.75 Å². The van der Waals surface area contributed by atoms with Gasteiger partial charge in [-0.1, -0.05) is 31.9 Å². The molecule has 2 aromatic rings. The molecule has 2 aromatic carbocycles. The van der Waals surface area contributed by atoms with Crippen LogP contribution in [0.2, 0.25) is 0 Å². The highest BCUT2D eigenvalue weighted by molar-refractivity contribution is 9.11. The first-order valence-electron chi connectivity index (χ1n) is 5.74. The van der Waals surface area contributed by atoms with Gasteiger partial charge in [0.25, 0.3) is 5.91 Å². The van der Waals surface area contributed by atoms with Crippen molar-refractivity contribution < 1.29 is 9.90 Å². The average Bonchev–Trinajstić information content (AvgIpc) is 2.44. The molecule has 0 saturated heterocycles. The summed E-state index contributed by atoms with van der Waals surface area (Å²) in [5.74, 6) is -0.271. The van der Waals surface area contributed by atoms with Gasteiger partial charge in [-0.2, -0.15) is 5.10 Å². The highest BCUT2D eigenvalue weighted by Gasteiger charge is 2.06. The van der Waals surface area contributed by atoms with Crippen LogP contribution in [0.25, 0.3) is 0 Å². The Labute approximate surface area is 146 Å². The molecule has 0 aliphatic carbocycles. The summed E-state index contributed by atoms with van der Waals surface area (Å²) in [4.78, 5) is 11.8. The van der Waals surface area contributed by atoms with E-state index in [0.717, 1.165) is 8.95 Å². The Morgan fingerprint density at radius 2 is 1.76 bits per heavy atom. The van der Waals surface area contributed by atoms with E-state index in [-0.39, 0.29) is 11.7 Å². The SMILES string of the molecule is O=C(NN=Cc1cc(Br)cc(Br)c1O)c1ccc(Br)cc1. The number of nitrogens with zero attached hydrogens (tertiary/aromatic N) is 1. The molecular formula is C14H9Br3N2O2. The number of carbonyl (C=O) groups is 1. The molecule has 21 heavy (non-hydrogen) atoms. The summed E-state index contributed by atoms with van der Waals surface area (Å²) in [6.45, 7) is 0. The molecular weight excluding hydrogens is 468 g/mol. The lowest BCUT2D eigenvalue weighted by molar-refractivity contribution is 0.0955. The summed E-state index contributed by atoms with van der Waals surface area (Å²) in [5.41, 5.74) is 3.38. The van der Waals surface area contributed by atoms with Crippen LogP contribution in [0.4, 0.5) is 0 Å². The summed E-state index contributed by atoms with van der Waals surface area (Å²) >= 11 is 9.85. The third-order valence-electron chi connectivity index (χ3n) is 2.53. The first-order valence-corrected chi connectivity index (χ1v) is 8.12. The molecule has 0 saturated carbocycles. The van der Waals surface area contributed by atoms with Gasteiger partial charge >= 0.3 is 0 Å². The van der Waals surface area contributed by atoms with Gasteiger partial charge < -0.3 is 5.11 Å². The zero-order valence-electron chi connectivity index (χ0n) is 10.5. The molecule has 0 atom stereocenters. The largest absolute Gasteiger partial charge is 0.506 e. The number of aromatic hydroxyl groups is 1. The lowest BCUT2D eigenvalue weighted by Crippen LogP contribution is -2.17. The van der Waals surface area contributed by atoms with Crippen molar-refractivity contribution in [1.82, 2.24) is 5.43 Å². The monoisotopic (exact) mass is 474 g/mol. The van der Waals surface area contributed by atoms with Crippen molar-refractivity contribution >= 4 is 59.9 Å². The summed E-state index contributed by atoms with van der Waals surface area (Å²) in [7, 11) is 0. The lowest BCUT2D eigenvalue weighted by atomic mass is 10.2. The molecule has 4 nitrogen and oxygen atoms in total. The van der Waals surface area contributed by atoms with E-state index in [1.165, 1.54) is 6.21 Å². The molecule has 1 amide bonds. The fourth-order valence-electron chi connectivity index (χ4n) is 1.51. The maximum absolute atomic E-state index is 11.8. The van der Waals surface area contributed by atoms with E-state index < -0.39 is 0 Å². The smallest absolute Gasteiger partial charge is 0.271 e. The van der Waals surface area contributed by atoms with Gasteiger partial charge in [-0.15, -0.1) is 0 Å². The average molecular weight is 477 g/mol. The zero-order valence-corrected chi connectivity index (χ0v) is 15.2. The molecule has 0 aliphatic heterocycles. The number of hydrazone groups is 1. The van der Waals surface area contributed by atoms with Crippen LogP contribution in [-0.2, 0) is 0 Å². The molecule has 0 unspecified atom stereocenters. The number of rotatable bonds is 3. The Kier molecular flexibility index (Phi) is 5.55. The van der Waals surface area contributed by atoms with Crippen LogP contribution in [0.15, 0.2) is 54.9 Å². The van der Waals surface area contributed by atoms with Gasteiger partial charge in [-0.25, -0.2) is 5.43 Å². The Morgan fingerprint density at radius 3 is 2.43 bits per heavy atom. The third-order valence-corrected chi connectivity index (χ3v) is 4.12. The van der Waals surface area contributed by atoms with E-state index in [4.69, 9.17) is 0 Å². The summed E-state index contributed by atoms with van der Waals surface area (Å²) in [5, 5.41) is 13.7. The number of phenolic OH excluding ortho intramolecular Hbond substituents is 1. The van der Waals surface area contributed by atoms with Crippen LogP contribution < -0.4 is 5.43 Å². The number of hydrogen-bond donors (Lipinski definition) is 2. The Balaban J connectivity index is 2.09. The van der Waals surface area contributed by atoms with Crippen LogP contribution in [0.1, 0.15) is 15.9 Å². The molecule has 0 fully saturated rings. The van der Waals surface area contributed by atoms with E-state index in [1.807, 2.05) is 0 Å². The second kappa shape index (κ2) is 7.20. The van der Waals surface area contributed by atoms with Crippen LogP contribution >= 0.6 is 47.8 Å². The normalized spacial score (nSPS) is 10.8. The van der Waals surface area contributed by atoms with E-state index in [0.29, 0.717) is 15.6 Å². The van der Waals surface area contributed by atoms with Crippen LogP contribution in [-0.4, -0.2) is 17.2 Å². The fraction of sp³-hybridized carbons (Fsp3) is 0. The van der Waals surface area contributed by atoms with E-state index in [9.17, 15) is 9.90 Å². The van der Waals surface area contributed by atoms with E-state index in [1.54, 1.807) is 36.4 Å². The minimum absolute atomic E-state index is 0.0554. The molecule has 0 aliphatic rings. The van der Waals surface area contributed by atoms with Gasteiger partial charge in [0.15, 0.2) is 0 Å². The second-order valence-corrected chi connectivity index (χ2v) is 6.72. The van der Waals surface area contributed by atoms with Gasteiger partial charge in [0, 0.05) is 20.1 Å². The van der Waals surface area contributed by atoms with Crippen molar-refractivity contribution in [2.45, 2.75) is 0 Å². The molecule has 0 aromatic heterocycles. The summed E-state index contributed by atoms with van der Waals surface area (Å²) in [6.07, 6.45) is 1.38. The van der Waals surface area contributed by atoms with Crippen molar-refractivity contribution in [3.63, 3.8) is 0 Å². The van der Waals surface area contributed by atoms with Crippen LogP contribution in [0, 0.1) is 0 Å². The van der Waals surface area contributed by atoms with Crippen molar-refractivity contribution in [3.8, 4) is 5.75 Å². The predicted molar refractivity (Wildman–Crippen MR) is 92.7 cm³/mol. The van der Waals surface area contributed by atoms with Crippen molar-refractivity contribution in [3.05, 3.63) is 60.9 Å². The Bertz CT molecular complexity index is 700. The fourth-order valence-corrected chi connectivity index (χ4v) is 3.03. The van der Waals surface area contributed by atoms with Gasteiger partial charge in [-0.3, -0.25) is 4.79 Å². The molecule has 2 rings (SSSR count). The quantitative estimate of drug-likeness (QED) is 0.508. The van der Waals surface area contributed by atoms with Crippen molar-refractivity contribution in [2.24, 2.45) is 5.10 Å². The maximum atomic E-state index is 11.8. The molecule has 0 heterocycles. The molecule has 2 N–H and O–H groups in total. The predicted octanol–water partition coefficient (Wildman–Crippen LogP) is 4.44. The van der Waals surface area contributed by atoms with Gasteiger partial charge in [0.05, 0.1) is 10.7 Å². The highest BCUT2D eigenvalue weighted by atomic mass is 79.9. The minimum Gasteiger partial charge on any atom is -0.506 e. The number of hydrogen-bond acceptors (Lipinski definition) is 3. The number of halogens is 3. The van der Waals surface area contributed by atoms with Gasteiger partial charge in [0.2, 0.25) is 0 Å². The topological polar surface area (TPSA) is 61.7 Å². The van der Waals surface area contributed by atoms with Crippen LogP contribution in [0.5, 0.6) is 5.75 Å². The molecule has 108 valence electrons. The summed E-state index contributed by atoms with van der Waals surface area (Å²) < 4.78 is 2.22. The standard InChI is InChI=1S/C14H9Br3N2O2/c15-10-3-1-8(2-4-10)14(21)19-18-7-9-5-11(16)6-12(17)13(9)20/h1-7,20H,(H,19,21). The third kappa shape index (κ3) is 4.39. The first-order chi connectivity index (χ1) is 9.97. The number of benzene rings is 2. The van der Waals surface area contributed by atoms with E-state index in [2.05, 4.69) is 58.3 Å². The molecule has 0 radical (unpaired) electrons. The first kappa shape index (κ1) is 16.2.